The molecule has 3 aliphatic rings. The number of nitrogens with one attached hydrogen (secondary N) is 2. The van der Waals surface area contributed by atoms with E-state index in [1.807, 2.05) is 6.07 Å². The van der Waals surface area contributed by atoms with Crippen LogP contribution in [-0.4, -0.2) is 12.5 Å². The third-order valence-corrected chi connectivity index (χ3v) is 5.61. The number of carbonyl (C=O) groups excluding carboxylic acids is 1. The first kappa shape index (κ1) is 13.0. The number of benzene rings is 1. The number of nitrogens with two attached hydrogens (primary N) is 1. The van der Waals surface area contributed by atoms with Crippen LogP contribution in [-0.2, 0) is 11.2 Å². The summed E-state index contributed by atoms with van der Waals surface area (Å²) in [6.45, 7) is 1.04. The molecule has 21 heavy (non-hydrogen) atoms. The van der Waals surface area contributed by atoms with Crippen LogP contribution in [0.15, 0.2) is 12.1 Å². The lowest BCUT2D eigenvalue weighted by Crippen LogP contribution is -2.22. The second-order valence-corrected chi connectivity index (χ2v) is 6.96. The maximum atomic E-state index is 11.4. The van der Waals surface area contributed by atoms with Crippen LogP contribution in [0, 0.1) is 17.8 Å². The summed E-state index contributed by atoms with van der Waals surface area (Å²) in [6.07, 6.45) is 7.08. The maximum absolute atomic E-state index is 11.4. The van der Waals surface area contributed by atoms with Crippen molar-refractivity contribution in [3.8, 4) is 0 Å². The standard InChI is InChI=1S/C17H23N3O/c18-14-8-15-12(3-4-17(21)20-15)7-16(14)19-9-13-6-10-1-2-11(13)5-10/h7-8,10-11,13,19H,1-6,9,18H2,(H,20,21). The quantitative estimate of drug-likeness (QED) is 0.748. The number of hydrogen-bond donors (Lipinski definition) is 3. The molecule has 1 aromatic rings. The van der Waals surface area contributed by atoms with Gasteiger partial charge in [0.2, 0.25) is 5.91 Å². The van der Waals surface area contributed by atoms with Crippen molar-refractivity contribution in [2.75, 3.05) is 22.9 Å². The van der Waals surface area contributed by atoms with Gasteiger partial charge < -0.3 is 16.4 Å². The molecule has 4 heteroatoms. The molecule has 4 N–H and O–H groups in total. The minimum atomic E-state index is 0.0876. The van der Waals surface area contributed by atoms with E-state index in [2.05, 4.69) is 16.7 Å². The van der Waals surface area contributed by atoms with Gasteiger partial charge in [0.1, 0.15) is 0 Å². The van der Waals surface area contributed by atoms with E-state index in [-0.39, 0.29) is 5.91 Å². The van der Waals surface area contributed by atoms with Gasteiger partial charge in [0, 0.05) is 18.7 Å². The summed E-state index contributed by atoms with van der Waals surface area (Å²) in [7, 11) is 0. The Hall–Kier alpha value is -1.71. The number of hydrogen-bond acceptors (Lipinski definition) is 3. The predicted molar refractivity (Wildman–Crippen MR) is 85.2 cm³/mol. The lowest BCUT2D eigenvalue weighted by Gasteiger charge is -2.24. The van der Waals surface area contributed by atoms with E-state index >= 15 is 0 Å². The van der Waals surface area contributed by atoms with E-state index < -0.39 is 0 Å². The van der Waals surface area contributed by atoms with Gasteiger partial charge in [-0.3, -0.25) is 4.79 Å². The number of carbonyl (C=O) groups is 1. The summed E-state index contributed by atoms with van der Waals surface area (Å²) in [6, 6.07) is 4.02. The van der Waals surface area contributed by atoms with Crippen LogP contribution in [0.25, 0.3) is 0 Å². The Kier molecular flexibility index (Phi) is 3.05. The average molecular weight is 285 g/mol. The fourth-order valence-electron chi connectivity index (χ4n) is 4.47. The van der Waals surface area contributed by atoms with Gasteiger partial charge in [-0.05, 0) is 61.1 Å². The Balaban J connectivity index is 1.46. The van der Waals surface area contributed by atoms with Gasteiger partial charge in [0.05, 0.1) is 11.4 Å². The lowest BCUT2D eigenvalue weighted by atomic mass is 9.89. The normalized spacial score (nSPS) is 30.1. The van der Waals surface area contributed by atoms with Crippen LogP contribution >= 0.6 is 0 Å². The minimum absolute atomic E-state index is 0.0876. The van der Waals surface area contributed by atoms with Crippen LogP contribution in [0.2, 0.25) is 0 Å². The van der Waals surface area contributed by atoms with E-state index in [1.165, 1.54) is 31.2 Å². The molecule has 112 valence electrons. The molecule has 1 aromatic carbocycles. The van der Waals surface area contributed by atoms with Gasteiger partial charge in [-0.1, -0.05) is 6.42 Å². The second kappa shape index (κ2) is 4.93. The van der Waals surface area contributed by atoms with Gasteiger partial charge in [0.15, 0.2) is 0 Å². The van der Waals surface area contributed by atoms with Crippen LogP contribution in [0.4, 0.5) is 17.1 Å². The molecule has 1 heterocycles. The molecule has 1 aliphatic heterocycles. The molecule has 4 nitrogen and oxygen atoms in total. The van der Waals surface area contributed by atoms with Gasteiger partial charge in [0.25, 0.3) is 0 Å². The van der Waals surface area contributed by atoms with Crippen molar-refractivity contribution in [2.45, 2.75) is 38.5 Å². The molecular weight excluding hydrogens is 262 g/mol. The molecule has 3 unspecified atom stereocenters. The summed E-state index contributed by atoms with van der Waals surface area (Å²) < 4.78 is 0. The lowest BCUT2D eigenvalue weighted by molar-refractivity contribution is -0.116. The molecular formula is C17H23N3O. The monoisotopic (exact) mass is 285 g/mol. The number of anilines is 3. The Morgan fingerprint density at radius 1 is 1.24 bits per heavy atom. The zero-order valence-electron chi connectivity index (χ0n) is 12.3. The molecule has 2 bridgehead atoms. The predicted octanol–water partition coefficient (Wildman–Crippen LogP) is 3.00. The fraction of sp³-hybridized carbons (Fsp3) is 0.588. The fourth-order valence-corrected chi connectivity index (χ4v) is 4.47. The summed E-state index contributed by atoms with van der Waals surface area (Å²) in [5.74, 6) is 2.82. The molecule has 4 rings (SSSR count). The number of aryl methyl sites for hydroxylation is 1. The summed E-state index contributed by atoms with van der Waals surface area (Å²) in [5.41, 5.74) is 9.98. The summed E-state index contributed by atoms with van der Waals surface area (Å²) in [5, 5.41) is 6.46. The Bertz CT molecular complexity index is 584. The zero-order valence-corrected chi connectivity index (χ0v) is 12.3. The zero-order chi connectivity index (χ0) is 14.4. The highest BCUT2D eigenvalue weighted by Gasteiger charge is 2.39. The highest BCUT2D eigenvalue weighted by atomic mass is 16.1. The van der Waals surface area contributed by atoms with Gasteiger partial charge in [-0.25, -0.2) is 0 Å². The van der Waals surface area contributed by atoms with E-state index in [9.17, 15) is 4.79 Å². The SMILES string of the molecule is Nc1cc2c(cc1NCC1CC3CCC1C3)CCC(=O)N2. The van der Waals surface area contributed by atoms with Gasteiger partial charge >= 0.3 is 0 Å². The van der Waals surface area contributed by atoms with Crippen molar-refractivity contribution in [3.63, 3.8) is 0 Å². The molecule has 2 saturated carbocycles. The molecule has 0 radical (unpaired) electrons. The van der Waals surface area contributed by atoms with Crippen molar-refractivity contribution in [3.05, 3.63) is 17.7 Å². The van der Waals surface area contributed by atoms with Crippen molar-refractivity contribution in [1.29, 1.82) is 0 Å². The van der Waals surface area contributed by atoms with Crippen molar-refractivity contribution >= 4 is 23.0 Å². The van der Waals surface area contributed by atoms with Gasteiger partial charge in [-0.2, -0.15) is 0 Å². The van der Waals surface area contributed by atoms with Crippen LogP contribution < -0.4 is 16.4 Å². The Morgan fingerprint density at radius 2 is 2.14 bits per heavy atom. The van der Waals surface area contributed by atoms with Gasteiger partial charge in [-0.15, -0.1) is 0 Å². The minimum Gasteiger partial charge on any atom is -0.397 e. The summed E-state index contributed by atoms with van der Waals surface area (Å²) in [4.78, 5) is 11.4. The molecule has 1 amide bonds. The highest BCUT2D eigenvalue weighted by Crippen LogP contribution is 2.48. The van der Waals surface area contributed by atoms with E-state index in [0.717, 1.165) is 47.8 Å². The van der Waals surface area contributed by atoms with E-state index in [1.54, 1.807) is 0 Å². The summed E-state index contributed by atoms with van der Waals surface area (Å²) >= 11 is 0. The smallest absolute Gasteiger partial charge is 0.224 e. The molecule has 2 fully saturated rings. The van der Waals surface area contributed by atoms with E-state index in [0.29, 0.717) is 6.42 Å². The van der Waals surface area contributed by atoms with Crippen LogP contribution in [0.3, 0.4) is 0 Å². The third-order valence-electron chi connectivity index (χ3n) is 5.61. The number of fused-ring (bicyclic) bond motifs is 3. The molecule has 3 atom stereocenters. The maximum Gasteiger partial charge on any atom is 0.224 e. The first-order valence-corrected chi connectivity index (χ1v) is 8.15. The van der Waals surface area contributed by atoms with Crippen molar-refractivity contribution < 1.29 is 4.79 Å². The first-order valence-electron chi connectivity index (χ1n) is 8.15. The number of nitrogen functional groups attached to an aromatic ring is 1. The van der Waals surface area contributed by atoms with E-state index in [4.69, 9.17) is 5.73 Å². The third kappa shape index (κ3) is 2.37. The molecule has 0 aromatic heterocycles. The Morgan fingerprint density at radius 3 is 2.90 bits per heavy atom. The second-order valence-electron chi connectivity index (χ2n) is 6.96. The average Bonchev–Trinajstić information content (AvgIpc) is 3.07. The van der Waals surface area contributed by atoms with Crippen molar-refractivity contribution in [2.24, 2.45) is 17.8 Å². The highest BCUT2D eigenvalue weighted by molar-refractivity contribution is 5.95. The number of amides is 1. The topological polar surface area (TPSA) is 67.1 Å². The van der Waals surface area contributed by atoms with Crippen LogP contribution in [0.1, 0.15) is 37.7 Å². The van der Waals surface area contributed by atoms with Crippen molar-refractivity contribution in [1.82, 2.24) is 0 Å². The number of rotatable bonds is 3. The molecule has 0 saturated heterocycles. The molecule has 2 aliphatic carbocycles. The van der Waals surface area contributed by atoms with Crippen LogP contribution in [0.5, 0.6) is 0 Å². The molecule has 0 spiro atoms. The first-order chi connectivity index (χ1) is 10.2. The Labute approximate surface area is 125 Å². The largest absolute Gasteiger partial charge is 0.397 e.